The van der Waals surface area contributed by atoms with Crippen molar-refractivity contribution in [2.75, 3.05) is 44.7 Å². The predicted octanol–water partition coefficient (Wildman–Crippen LogP) is 4.63. The van der Waals surface area contributed by atoms with E-state index in [0.29, 0.717) is 0 Å². The van der Waals surface area contributed by atoms with E-state index in [-0.39, 0.29) is 24.8 Å². The van der Waals surface area contributed by atoms with E-state index in [0.717, 1.165) is 55.5 Å². The molecule has 0 bridgehead atoms. The Bertz CT molecular complexity index is 1020. The van der Waals surface area contributed by atoms with Crippen molar-refractivity contribution in [3.05, 3.63) is 65.9 Å². The highest BCUT2D eigenvalue weighted by Crippen LogP contribution is 2.26. The highest BCUT2D eigenvalue weighted by molar-refractivity contribution is 5.93. The average Bonchev–Trinajstić information content (AvgIpc) is 2.77. The van der Waals surface area contributed by atoms with Crippen LogP contribution in [0.5, 0.6) is 5.75 Å². The van der Waals surface area contributed by atoms with Crippen molar-refractivity contribution in [2.24, 2.45) is 0 Å². The maximum Gasteiger partial charge on any atom is 0.138 e. The molecule has 30 heavy (non-hydrogen) atoms. The van der Waals surface area contributed by atoms with Gasteiger partial charge in [-0.1, -0.05) is 37.1 Å². The zero-order chi connectivity index (χ0) is 19.3. The van der Waals surface area contributed by atoms with Gasteiger partial charge in [-0.15, -0.1) is 24.8 Å². The lowest BCUT2D eigenvalue weighted by atomic mass is 10.1. The summed E-state index contributed by atoms with van der Waals surface area (Å²) in [5.74, 6) is 8.36. The van der Waals surface area contributed by atoms with Gasteiger partial charge in [-0.05, 0) is 48.2 Å². The summed E-state index contributed by atoms with van der Waals surface area (Å²) in [6, 6.07) is 18.3. The minimum absolute atomic E-state index is 0. The van der Waals surface area contributed by atoms with E-state index in [2.05, 4.69) is 58.9 Å². The van der Waals surface area contributed by atoms with E-state index < -0.39 is 0 Å². The van der Waals surface area contributed by atoms with E-state index >= 15 is 0 Å². The Hall–Kier alpha value is -2.45. The third kappa shape index (κ3) is 5.37. The van der Waals surface area contributed by atoms with Crippen LogP contribution in [-0.2, 0) is 0 Å². The van der Waals surface area contributed by atoms with Crippen molar-refractivity contribution >= 4 is 41.4 Å². The van der Waals surface area contributed by atoms with Gasteiger partial charge in [0.05, 0.1) is 7.11 Å². The number of halogens is 2. The molecule has 3 aromatic rings. The van der Waals surface area contributed by atoms with Gasteiger partial charge in [-0.3, -0.25) is 0 Å². The molecule has 1 fully saturated rings. The van der Waals surface area contributed by atoms with Gasteiger partial charge in [0.15, 0.2) is 0 Å². The molecule has 2 heterocycles. The average molecular weight is 444 g/mol. The molecule has 0 amide bonds. The number of hydrogen-bond donors (Lipinski definition) is 0. The molecular weight excluding hydrogens is 417 g/mol. The number of ether oxygens (including phenoxy) is 1. The predicted molar refractivity (Wildman–Crippen MR) is 130 cm³/mol. The van der Waals surface area contributed by atoms with Gasteiger partial charge in [0.2, 0.25) is 0 Å². The maximum atomic E-state index is 5.21. The Kier molecular flexibility index (Phi) is 8.80. The molecule has 0 N–H and O–H groups in total. The fraction of sp³-hybridized carbons (Fsp3) is 0.292. The fourth-order valence-electron chi connectivity index (χ4n) is 3.57. The Morgan fingerprint density at radius 1 is 0.933 bits per heavy atom. The van der Waals surface area contributed by atoms with Crippen LogP contribution in [0.1, 0.15) is 18.2 Å². The van der Waals surface area contributed by atoms with Crippen LogP contribution in [0.25, 0.3) is 10.8 Å². The Balaban J connectivity index is 0.00000160. The number of anilines is 1. The zero-order valence-electron chi connectivity index (χ0n) is 17.3. The third-order valence-corrected chi connectivity index (χ3v) is 5.26. The number of methoxy groups -OCH3 is 1. The van der Waals surface area contributed by atoms with Crippen molar-refractivity contribution in [3.63, 3.8) is 0 Å². The lowest BCUT2D eigenvalue weighted by molar-refractivity contribution is 0.271. The smallest absolute Gasteiger partial charge is 0.138 e. The molecule has 0 unspecified atom stereocenters. The van der Waals surface area contributed by atoms with Crippen LogP contribution in [0, 0.1) is 11.8 Å². The monoisotopic (exact) mass is 443 g/mol. The fourth-order valence-corrected chi connectivity index (χ4v) is 3.57. The number of nitrogens with zero attached hydrogens (tertiary/aromatic N) is 3. The molecule has 4 rings (SSSR count). The number of hydrogen-bond acceptors (Lipinski definition) is 4. The minimum Gasteiger partial charge on any atom is -0.497 e. The summed E-state index contributed by atoms with van der Waals surface area (Å²) in [6.07, 6.45) is 0. The minimum atomic E-state index is 0. The maximum absolute atomic E-state index is 5.21. The molecule has 2 aromatic carbocycles. The Labute approximate surface area is 191 Å². The van der Waals surface area contributed by atoms with Crippen molar-refractivity contribution in [2.45, 2.75) is 6.92 Å². The Morgan fingerprint density at radius 3 is 2.30 bits per heavy atom. The summed E-state index contributed by atoms with van der Waals surface area (Å²) in [7, 11) is 1.67. The molecule has 0 saturated carbocycles. The van der Waals surface area contributed by atoms with Gasteiger partial charge >= 0.3 is 0 Å². The van der Waals surface area contributed by atoms with Crippen LogP contribution < -0.4 is 9.64 Å². The van der Waals surface area contributed by atoms with Crippen LogP contribution in [-0.4, -0.2) is 49.7 Å². The van der Waals surface area contributed by atoms with E-state index in [1.807, 2.05) is 24.3 Å². The van der Waals surface area contributed by atoms with Gasteiger partial charge < -0.3 is 14.5 Å². The van der Waals surface area contributed by atoms with Gasteiger partial charge in [-0.25, -0.2) is 4.98 Å². The molecule has 1 aliphatic rings. The molecule has 0 atom stereocenters. The largest absolute Gasteiger partial charge is 0.497 e. The second-order valence-corrected chi connectivity index (χ2v) is 6.95. The number of fused-ring (bicyclic) bond motifs is 1. The van der Waals surface area contributed by atoms with Gasteiger partial charge in [-0.2, -0.15) is 0 Å². The molecule has 1 aromatic heterocycles. The van der Waals surface area contributed by atoms with Gasteiger partial charge in [0.1, 0.15) is 17.3 Å². The number of rotatable bonds is 3. The summed E-state index contributed by atoms with van der Waals surface area (Å²) in [4.78, 5) is 9.81. The molecule has 158 valence electrons. The summed E-state index contributed by atoms with van der Waals surface area (Å²) < 4.78 is 5.21. The van der Waals surface area contributed by atoms with Crippen molar-refractivity contribution in [1.29, 1.82) is 0 Å². The number of pyridine rings is 1. The lowest BCUT2D eigenvalue weighted by Gasteiger charge is -2.35. The number of likely N-dealkylation sites (N-methyl/N-ethyl adjacent to an activating group) is 1. The van der Waals surface area contributed by atoms with Crippen LogP contribution in [0.2, 0.25) is 0 Å². The second kappa shape index (κ2) is 11.1. The molecule has 0 spiro atoms. The molecular formula is C24H27Cl2N3O. The van der Waals surface area contributed by atoms with Gasteiger partial charge in [0, 0.05) is 37.1 Å². The molecule has 1 aliphatic heterocycles. The first-order valence-corrected chi connectivity index (χ1v) is 9.80. The molecule has 6 heteroatoms. The zero-order valence-corrected chi connectivity index (χ0v) is 18.9. The van der Waals surface area contributed by atoms with Crippen LogP contribution in [0.15, 0.2) is 54.6 Å². The molecule has 0 aliphatic carbocycles. The molecule has 1 saturated heterocycles. The SMILES string of the molecule is CCN1CCN(c2nc(C#Cc3ccc(OC)cc3)cc3ccccc23)CC1.Cl.Cl. The normalized spacial score (nSPS) is 13.6. The lowest BCUT2D eigenvalue weighted by Crippen LogP contribution is -2.46. The van der Waals surface area contributed by atoms with E-state index in [1.54, 1.807) is 7.11 Å². The molecule has 0 radical (unpaired) electrons. The van der Waals surface area contributed by atoms with Crippen molar-refractivity contribution in [3.8, 4) is 17.6 Å². The van der Waals surface area contributed by atoms with Gasteiger partial charge in [0.25, 0.3) is 0 Å². The highest BCUT2D eigenvalue weighted by atomic mass is 35.5. The van der Waals surface area contributed by atoms with Crippen LogP contribution in [0.4, 0.5) is 5.82 Å². The van der Waals surface area contributed by atoms with E-state index in [9.17, 15) is 0 Å². The van der Waals surface area contributed by atoms with Crippen molar-refractivity contribution < 1.29 is 4.74 Å². The van der Waals surface area contributed by atoms with E-state index in [1.165, 1.54) is 10.8 Å². The van der Waals surface area contributed by atoms with Crippen molar-refractivity contribution in [1.82, 2.24) is 9.88 Å². The topological polar surface area (TPSA) is 28.6 Å². The summed E-state index contributed by atoms with van der Waals surface area (Å²) in [5.41, 5.74) is 1.76. The second-order valence-electron chi connectivity index (χ2n) is 6.95. The highest BCUT2D eigenvalue weighted by Gasteiger charge is 2.19. The summed E-state index contributed by atoms with van der Waals surface area (Å²) in [5, 5.41) is 2.38. The first-order chi connectivity index (χ1) is 13.8. The molecule has 4 nitrogen and oxygen atoms in total. The number of aromatic nitrogens is 1. The van der Waals surface area contributed by atoms with E-state index in [4.69, 9.17) is 9.72 Å². The first kappa shape index (κ1) is 23.8. The number of piperazine rings is 1. The third-order valence-electron chi connectivity index (χ3n) is 5.26. The summed E-state index contributed by atoms with van der Waals surface area (Å²) >= 11 is 0. The Morgan fingerprint density at radius 2 is 1.63 bits per heavy atom. The first-order valence-electron chi connectivity index (χ1n) is 9.80. The quantitative estimate of drug-likeness (QED) is 0.551. The van der Waals surface area contributed by atoms with Crippen LogP contribution in [0.3, 0.4) is 0 Å². The van der Waals surface area contributed by atoms with Crippen LogP contribution >= 0.6 is 24.8 Å². The standard InChI is InChI=1S/C24H25N3O.2ClH/c1-3-26-14-16-27(17-15-26)24-23-7-5-4-6-20(23)18-21(25-24)11-8-19-9-12-22(28-2)13-10-19;;/h4-7,9-10,12-13,18H,3,14-17H2,1-2H3;2*1H. The summed E-state index contributed by atoms with van der Waals surface area (Å²) in [6.45, 7) is 7.48. The number of benzene rings is 2.